The van der Waals surface area contributed by atoms with E-state index in [1.54, 1.807) is 11.3 Å². The predicted molar refractivity (Wildman–Crippen MR) is 56.0 cm³/mol. The van der Waals surface area contributed by atoms with E-state index in [0.717, 1.165) is 5.56 Å². The first-order valence-electron chi connectivity index (χ1n) is 4.08. The van der Waals surface area contributed by atoms with Gasteiger partial charge in [-0.2, -0.15) is 11.3 Å². The van der Waals surface area contributed by atoms with Crippen molar-refractivity contribution < 1.29 is 4.79 Å². The molecule has 0 spiro atoms. The topological polar surface area (TPSA) is 29.1 Å². The second-order valence-corrected chi connectivity index (χ2v) is 3.99. The number of carbonyl (C=O) groups excluding carboxylic acids is 1. The predicted octanol–water partition coefficient (Wildman–Crippen LogP) is 2.24. The molecule has 72 valence electrons. The molecule has 13 heavy (non-hydrogen) atoms. The minimum absolute atomic E-state index is 0.0150. The Kier molecular flexibility index (Phi) is 4.25. The third-order valence-electron chi connectivity index (χ3n) is 1.73. The molecule has 1 N–H and O–H groups in total. The summed E-state index contributed by atoms with van der Waals surface area (Å²) in [5.74, 6) is 0.275. The summed E-state index contributed by atoms with van der Waals surface area (Å²) in [6.07, 6.45) is 0. The summed E-state index contributed by atoms with van der Waals surface area (Å²) in [5.41, 5.74) is 1.14. The fourth-order valence-electron chi connectivity index (χ4n) is 0.827. The van der Waals surface area contributed by atoms with Gasteiger partial charge in [0.25, 0.3) is 0 Å². The molecule has 0 radical (unpaired) electrons. The average molecular weight is 218 g/mol. The maximum Gasteiger partial charge on any atom is 0.224 e. The molecule has 1 aromatic rings. The summed E-state index contributed by atoms with van der Waals surface area (Å²) in [4.78, 5) is 11.3. The largest absolute Gasteiger partial charge is 0.352 e. The number of halogens is 1. The number of nitrogens with one attached hydrogen (secondary N) is 1. The number of thiophene rings is 1. The summed E-state index contributed by atoms with van der Waals surface area (Å²) in [6, 6.07) is 2.00. The lowest BCUT2D eigenvalue weighted by Gasteiger charge is -2.07. The normalized spacial score (nSPS) is 12.5. The van der Waals surface area contributed by atoms with Crippen LogP contribution in [0.25, 0.3) is 0 Å². The van der Waals surface area contributed by atoms with E-state index in [-0.39, 0.29) is 11.8 Å². The molecule has 1 unspecified atom stereocenters. The quantitative estimate of drug-likeness (QED) is 0.771. The summed E-state index contributed by atoms with van der Waals surface area (Å²) < 4.78 is 0. The van der Waals surface area contributed by atoms with Gasteiger partial charge in [0.2, 0.25) is 5.91 Å². The van der Waals surface area contributed by atoms with Gasteiger partial charge in [-0.1, -0.05) is 6.92 Å². The minimum atomic E-state index is -0.111. The summed E-state index contributed by atoms with van der Waals surface area (Å²) in [7, 11) is 0. The van der Waals surface area contributed by atoms with Gasteiger partial charge < -0.3 is 5.32 Å². The number of rotatable bonds is 4. The molecule has 2 nitrogen and oxygen atoms in total. The van der Waals surface area contributed by atoms with Crippen molar-refractivity contribution in [2.45, 2.75) is 13.5 Å². The molecule has 0 fully saturated rings. The van der Waals surface area contributed by atoms with E-state index in [1.165, 1.54) is 0 Å². The van der Waals surface area contributed by atoms with Crippen LogP contribution in [-0.2, 0) is 11.3 Å². The molecule has 0 saturated heterocycles. The second kappa shape index (κ2) is 5.25. The maximum absolute atomic E-state index is 11.3. The SMILES string of the molecule is CC(CCl)C(=O)NCc1ccsc1. The number of alkyl halides is 1. The van der Waals surface area contributed by atoms with Crippen molar-refractivity contribution >= 4 is 28.8 Å². The highest BCUT2D eigenvalue weighted by molar-refractivity contribution is 7.07. The molecule has 1 atom stereocenters. The number of hydrogen-bond donors (Lipinski definition) is 1. The van der Waals surface area contributed by atoms with Gasteiger partial charge in [-0.3, -0.25) is 4.79 Å². The highest BCUT2D eigenvalue weighted by Gasteiger charge is 2.10. The highest BCUT2D eigenvalue weighted by atomic mass is 35.5. The Labute approximate surface area is 86.9 Å². The zero-order valence-corrected chi connectivity index (χ0v) is 8.99. The highest BCUT2D eigenvalue weighted by Crippen LogP contribution is 2.05. The third kappa shape index (κ3) is 3.36. The van der Waals surface area contributed by atoms with Crippen molar-refractivity contribution in [1.29, 1.82) is 0 Å². The number of carbonyl (C=O) groups is 1. The third-order valence-corrected chi connectivity index (χ3v) is 2.92. The Morgan fingerprint density at radius 3 is 3.08 bits per heavy atom. The lowest BCUT2D eigenvalue weighted by Crippen LogP contribution is -2.29. The molecule has 1 aromatic heterocycles. The van der Waals surface area contributed by atoms with E-state index in [0.29, 0.717) is 12.4 Å². The Bertz CT molecular complexity index is 261. The molecule has 1 rings (SSSR count). The second-order valence-electron chi connectivity index (χ2n) is 2.90. The Hall–Kier alpha value is -0.540. The first-order valence-corrected chi connectivity index (χ1v) is 5.56. The van der Waals surface area contributed by atoms with Crippen molar-refractivity contribution in [1.82, 2.24) is 5.32 Å². The van der Waals surface area contributed by atoms with Gasteiger partial charge in [0.05, 0.1) is 0 Å². The van der Waals surface area contributed by atoms with Gasteiger partial charge in [0, 0.05) is 18.3 Å². The first-order chi connectivity index (χ1) is 6.24. The zero-order chi connectivity index (χ0) is 9.68. The van der Waals surface area contributed by atoms with Crippen LogP contribution >= 0.6 is 22.9 Å². The molecule has 0 aromatic carbocycles. The van der Waals surface area contributed by atoms with Crippen molar-refractivity contribution in [3.63, 3.8) is 0 Å². The van der Waals surface area contributed by atoms with Crippen LogP contribution in [0, 0.1) is 5.92 Å². The van der Waals surface area contributed by atoms with Crippen molar-refractivity contribution in [3.05, 3.63) is 22.4 Å². The van der Waals surface area contributed by atoms with Crippen molar-refractivity contribution in [3.8, 4) is 0 Å². The van der Waals surface area contributed by atoms with Crippen LogP contribution in [-0.4, -0.2) is 11.8 Å². The summed E-state index contributed by atoms with van der Waals surface area (Å²) in [5, 5.41) is 6.83. The van der Waals surface area contributed by atoms with Crippen LogP contribution in [0.1, 0.15) is 12.5 Å². The van der Waals surface area contributed by atoms with Crippen molar-refractivity contribution in [2.24, 2.45) is 5.92 Å². The fraction of sp³-hybridized carbons (Fsp3) is 0.444. The number of hydrogen-bond acceptors (Lipinski definition) is 2. The molecule has 0 aliphatic rings. The van der Waals surface area contributed by atoms with Gasteiger partial charge >= 0.3 is 0 Å². The van der Waals surface area contributed by atoms with Crippen LogP contribution in [0.5, 0.6) is 0 Å². The average Bonchev–Trinajstić information content (AvgIpc) is 2.65. The molecule has 0 saturated carbocycles. The zero-order valence-electron chi connectivity index (χ0n) is 7.42. The standard InChI is InChI=1S/C9H12ClNOS/c1-7(4-10)9(12)11-5-8-2-3-13-6-8/h2-3,6-7H,4-5H2,1H3,(H,11,12). The monoisotopic (exact) mass is 217 g/mol. The van der Waals surface area contributed by atoms with E-state index in [4.69, 9.17) is 11.6 Å². The first kappa shape index (κ1) is 10.5. The minimum Gasteiger partial charge on any atom is -0.352 e. The van der Waals surface area contributed by atoms with Gasteiger partial charge in [-0.15, -0.1) is 11.6 Å². The Balaban J connectivity index is 2.31. The lowest BCUT2D eigenvalue weighted by molar-refractivity contribution is -0.124. The van der Waals surface area contributed by atoms with Crippen LogP contribution in [0.3, 0.4) is 0 Å². The molecule has 0 aliphatic heterocycles. The number of amides is 1. The molecular weight excluding hydrogens is 206 g/mol. The van der Waals surface area contributed by atoms with E-state index < -0.39 is 0 Å². The molecular formula is C9H12ClNOS. The maximum atomic E-state index is 11.3. The molecule has 1 heterocycles. The summed E-state index contributed by atoms with van der Waals surface area (Å²) in [6.45, 7) is 2.42. The van der Waals surface area contributed by atoms with Crippen LogP contribution < -0.4 is 5.32 Å². The molecule has 0 bridgehead atoms. The Morgan fingerprint density at radius 2 is 2.54 bits per heavy atom. The van der Waals surface area contributed by atoms with Gasteiger partial charge in [-0.05, 0) is 22.4 Å². The van der Waals surface area contributed by atoms with Crippen molar-refractivity contribution in [2.75, 3.05) is 5.88 Å². The Morgan fingerprint density at radius 1 is 1.77 bits per heavy atom. The van der Waals surface area contributed by atoms with Crippen LogP contribution in [0.15, 0.2) is 16.8 Å². The van der Waals surface area contributed by atoms with E-state index in [2.05, 4.69) is 5.32 Å². The summed E-state index contributed by atoms with van der Waals surface area (Å²) >= 11 is 7.18. The van der Waals surface area contributed by atoms with Gasteiger partial charge in [-0.25, -0.2) is 0 Å². The van der Waals surface area contributed by atoms with Gasteiger partial charge in [0.1, 0.15) is 0 Å². The van der Waals surface area contributed by atoms with Crippen LogP contribution in [0.4, 0.5) is 0 Å². The molecule has 0 aliphatic carbocycles. The van der Waals surface area contributed by atoms with E-state index >= 15 is 0 Å². The fourth-order valence-corrected chi connectivity index (χ4v) is 1.64. The smallest absolute Gasteiger partial charge is 0.224 e. The lowest BCUT2D eigenvalue weighted by atomic mass is 10.2. The van der Waals surface area contributed by atoms with E-state index in [1.807, 2.05) is 23.8 Å². The molecule has 4 heteroatoms. The van der Waals surface area contributed by atoms with Gasteiger partial charge in [0.15, 0.2) is 0 Å². The van der Waals surface area contributed by atoms with E-state index in [9.17, 15) is 4.79 Å². The van der Waals surface area contributed by atoms with Crippen LogP contribution in [0.2, 0.25) is 0 Å². The molecule has 1 amide bonds.